The molecule has 2 rings (SSSR count). The van der Waals surface area contributed by atoms with Gasteiger partial charge in [0.2, 0.25) is 0 Å². The molecule has 0 spiro atoms. The second-order valence-electron chi connectivity index (χ2n) is 6.71. The van der Waals surface area contributed by atoms with Gasteiger partial charge in [-0.1, -0.05) is 92.9 Å². The third kappa shape index (κ3) is 17.9. The fraction of sp³-hybridized carbons (Fsp3) is 0.417. The summed E-state index contributed by atoms with van der Waals surface area (Å²) in [5.74, 6) is 0. The normalized spacial score (nSPS) is 10.4. The summed E-state index contributed by atoms with van der Waals surface area (Å²) in [5, 5.41) is 0.271. The molecule has 2 aromatic carbocycles. The molecule has 0 bridgehead atoms. The van der Waals surface area contributed by atoms with Gasteiger partial charge < -0.3 is 20.9 Å². The van der Waals surface area contributed by atoms with E-state index < -0.39 is 0 Å². The lowest BCUT2D eigenvalue weighted by Crippen LogP contribution is -2.21. The molecule has 4 nitrogen and oxygen atoms in total. The highest BCUT2D eigenvalue weighted by atomic mass is 32.1. The fourth-order valence-corrected chi connectivity index (χ4v) is 2.59. The molecule has 0 aliphatic carbocycles. The molecule has 0 saturated heterocycles. The van der Waals surface area contributed by atoms with Crippen LogP contribution in [0, 0.1) is 6.92 Å². The SMILES string of the molecule is CCCCCC(CC)OC(N)=S.Cc1ccccc1.NC(=S)OCc1ccccc1. The molecule has 0 aliphatic heterocycles. The van der Waals surface area contributed by atoms with Gasteiger partial charge in [0.25, 0.3) is 10.3 Å². The standard InChI is InChI=1S/C9H19NOS.C8H9NOS.C7H8/c1-3-5-6-7-8(4-2)11-9(10)12;9-8(11)10-6-7-4-2-1-3-5-7;1-7-5-3-2-4-6-7/h8H,3-7H2,1-2H3,(H2,10,12);1-5H,6H2,(H2,9,11);2-6H,1H3. The van der Waals surface area contributed by atoms with Crippen LogP contribution < -0.4 is 11.5 Å². The van der Waals surface area contributed by atoms with Crippen molar-refractivity contribution in [1.29, 1.82) is 0 Å². The summed E-state index contributed by atoms with van der Waals surface area (Å²) in [4.78, 5) is 0. The summed E-state index contributed by atoms with van der Waals surface area (Å²) < 4.78 is 10.2. The van der Waals surface area contributed by atoms with Gasteiger partial charge in [-0.2, -0.15) is 0 Å². The van der Waals surface area contributed by atoms with Crippen LogP contribution in [0.4, 0.5) is 0 Å². The number of aryl methyl sites for hydroxylation is 1. The van der Waals surface area contributed by atoms with Gasteiger partial charge in [0.15, 0.2) is 0 Å². The lowest BCUT2D eigenvalue weighted by atomic mass is 10.1. The maximum Gasteiger partial charge on any atom is 0.254 e. The number of unbranched alkanes of at least 4 members (excludes halogenated alkanes) is 2. The molecule has 30 heavy (non-hydrogen) atoms. The van der Waals surface area contributed by atoms with Gasteiger partial charge in [0, 0.05) is 0 Å². The Balaban J connectivity index is 0.000000433. The number of hydrogen-bond donors (Lipinski definition) is 2. The summed E-state index contributed by atoms with van der Waals surface area (Å²) in [7, 11) is 0. The molecule has 0 saturated carbocycles. The van der Waals surface area contributed by atoms with Crippen LogP contribution in [-0.4, -0.2) is 16.5 Å². The highest BCUT2D eigenvalue weighted by Gasteiger charge is 2.06. The van der Waals surface area contributed by atoms with Crippen molar-refractivity contribution < 1.29 is 9.47 Å². The molecule has 166 valence electrons. The molecular weight excluding hydrogens is 412 g/mol. The van der Waals surface area contributed by atoms with Gasteiger partial charge in [-0.25, -0.2) is 0 Å². The molecule has 0 amide bonds. The summed E-state index contributed by atoms with van der Waals surface area (Å²) in [5.41, 5.74) is 12.8. The highest BCUT2D eigenvalue weighted by Crippen LogP contribution is 2.09. The monoisotopic (exact) mass is 448 g/mol. The van der Waals surface area contributed by atoms with Crippen LogP contribution in [0.25, 0.3) is 0 Å². The lowest BCUT2D eigenvalue weighted by Gasteiger charge is -2.15. The predicted octanol–water partition coefficient (Wildman–Crippen LogP) is 6.05. The Labute approximate surface area is 193 Å². The molecule has 1 unspecified atom stereocenters. The Morgan fingerprint density at radius 3 is 1.83 bits per heavy atom. The zero-order chi connectivity index (χ0) is 22.6. The first-order chi connectivity index (χ1) is 14.4. The van der Waals surface area contributed by atoms with E-state index in [2.05, 4.69) is 57.3 Å². The Morgan fingerprint density at radius 2 is 1.43 bits per heavy atom. The fourth-order valence-electron chi connectivity index (χ4n) is 2.40. The zero-order valence-corrected chi connectivity index (χ0v) is 20.0. The van der Waals surface area contributed by atoms with E-state index in [9.17, 15) is 0 Å². The average Bonchev–Trinajstić information content (AvgIpc) is 2.73. The van der Waals surface area contributed by atoms with Crippen molar-refractivity contribution in [2.75, 3.05) is 0 Å². The Hall–Kier alpha value is -2.18. The molecule has 6 heteroatoms. The predicted molar refractivity (Wildman–Crippen MR) is 135 cm³/mol. The van der Waals surface area contributed by atoms with E-state index in [1.807, 2.05) is 48.5 Å². The highest BCUT2D eigenvalue weighted by molar-refractivity contribution is 7.80. The van der Waals surface area contributed by atoms with Gasteiger partial charge in [-0.05, 0) is 56.2 Å². The van der Waals surface area contributed by atoms with Crippen molar-refractivity contribution in [1.82, 2.24) is 0 Å². The van der Waals surface area contributed by atoms with Crippen molar-refractivity contribution in [3.05, 3.63) is 71.8 Å². The molecule has 0 aliphatic rings. The molecule has 2 aromatic rings. The minimum absolute atomic E-state index is 0.0915. The van der Waals surface area contributed by atoms with Crippen molar-refractivity contribution in [3.8, 4) is 0 Å². The van der Waals surface area contributed by atoms with Crippen LogP contribution in [-0.2, 0) is 16.1 Å². The molecule has 4 N–H and O–H groups in total. The first-order valence-corrected chi connectivity index (χ1v) is 11.1. The Bertz CT molecular complexity index is 682. The van der Waals surface area contributed by atoms with Gasteiger partial charge in [0.05, 0.1) is 0 Å². The third-order valence-electron chi connectivity index (χ3n) is 4.03. The summed E-state index contributed by atoms with van der Waals surface area (Å²) >= 11 is 9.22. The first-order valence-electron chi connectivity index (χ1n) is 10.3. The van der Waals surface area contributed by atoms with Gasteiger partial charge >= 0.3 is 0 Å². The molecule has 1 atom stereocenters. The number of thiocarbonyl (C=S) groups is 2. The van der Waals surface area contributed by atoms with Crippen molar-refractivity contribution in [3.63, 3.8) is 0 Å². The first kappa shape index (κ1) is 27.8. The van der Waals surface area contributed by atoms with Gasteiger partial charge in [-0.3, -0.25) is 0 Å². The number of hydrogen-bond acceptors (Lipinski definition) is 4. The van der Waals surface area contributed by atoms with Gasteiger partial charge in [0.1, 0.15) is 12.7 Å². The minimum Gasteiger partial charge on any atom is -0.468 e. The summed E-state index contributed by atoms with van der Waals surface area (Å²) in [6.45, 7) is 6.82. The summed E-state index contributed by atoms with van der Waals surface area (Å²) in [6.07, 6.45) is 6.00. The van der Waals surface area contributed by atoms with Crippen molar-refractivity contribution >= 4 is 34.8 Å². The summed E-state index contributed by atoms with van der Waals surface area (Å²) in [6, 6.07) is 20.0. The van der Waals surface area contributed by atoms with Crippen LogP contribution in [0.3, 0.4) is 0 Å². The number of nitrogens with two attached hydrogens (primary N) is 2. The van der Waals surface area contributed by atoms with Crippen LogP contribution in [0.5, 0.6) is 0 Å². The average molecular weight is 449 g/mol. The molecule has 0 heterocycles. The lowest BCUT2D eigenvalue weighted by molar-refractivity contribution is 0.172. The van der Waals surface area contributed by atoms with Crippen molar-refractivity contribution in [2.45, 2.75) is 65.6 Å². The third-order valence-corrected chi connectivity index (χ3v) is 4.25. The zero-order valence-electron chi connectivity index (χ0n) is 18.4. The van der Waals surface area contributed by atoms with E-state index >= 15 is 0 Å². The number of rotatable bonds is 8. The molecule has 0 aromatic heterocycles. The van der Waals surface area contributed by atoms with E-state index in [0.29, 0.717) is 6.61 Å². The second-order valence-corrected chi connectivity index (χ2v) is 7.52. The maximum atomic E-state index is 5.28. The van der Waals surface area contributed by atoms with Crippen molar-refractivity contribution in [2.24, 2.45) is 11.5 Å². The van der Waals surface area contributed by atoms with Gasteiger partial charge in [-0.15, -0.1) is 0 Å². The van der Waals surface area contributed by atoms with E-state index in [-0.39, 0.29) is 16.5 Å². The maximum absolute atomic E-state index is 5.28. The van der Waals surface area contributed by atoms with Crippen LogP contribution in [0.2, 0.25) is 0 Å². The van der Waals surface area contributed by atoms with Crippen LogP contribution in [0.15, 0.2) is 60.7 Å². The van der Waals surface area contributed by atoms with E-state index in [1.165, 1.54) is 24.8 Å². The van der Waals surface area contributed by atoms with Crippen LogP contribution >= 0.6 is 24.4 Å². The number of benzene rings is 2. The van der Waals surface area contributed by atoms with E-state index in [1.54, 1.807) is 0 Å². The number of ether oxygens (including phenoxy) is 2. The molecule has 0 radical (unpaired) electrons. The van der Waals surface area contributed by atoms with Crippen LogP contribution in [0.1, 0.15) is 57.1 Å². The minimum atomic E-state index is 0.0915. The Morgan fingerprint density at radius 1 is 0.867 bits per heavy atom. The van der Waals surface area contributed by atoms with E-state index in [4.69, 9.17) is 20.9 Å². The molecule has 0 fully saturated rings. The largest absolute Gasteiger partial charge is 0.468 e. The smallest absolute Gasteiger partial charge is 0.254 e. The van der Waals surface area contributed by atoms with E-state index in [0.717, 1.165) is 18.4 Å². The topological polar surface area (TPSA) is 70.5 Å². The molecular formula is C24H36N2O2S2. The second kappa shape index (κ2) is 18.8. The quantitative estimate of drug-likeness (QED) is 0.378. The Kier molecular flexibility index (Phi) is 17.5.